The molecule has 1 aromatic carbocycles. The molecule has 182 valence electrons. The molecule has 6 heteroatoms. The van der Waals surface area contributed by atoms with E-state index in [1.54, 1.807) is 4.90 Å². The molecule has 2 aromatic rings. The molecule has 0 atom stereocenters. The number of amides is 2. The summed E-state index contributed by atoms with van der Waals surface area (Å²) in [6.07, 6.45) is 4.59. The predicted octanol–water partition coefficient (Wildman–Crippen LogP) is 5.77. The Morgan fingerprint density at radius 3 is 2.15 bits per heavy atom. The van der Waals surface area contributed by atoms with Gasteiger partial charge in [0.15, 0.2) is 0 Å². The zero-order valence-corrected chi connectivity index (χ0v) is 21.8. The van der Waals surface area contributed by atoms with Crippen LogP contribution in [-0.4, -0.2) is 39.6 Å². The second-order valence-corrected chi connectivity index (χ2v) is 10.8. The van der Waals surface area contributed by atoms with Gasteiger partial charge in [-0.1, -0.05) is 52.7 Å². The number of hydrogen-bond donors (Lipinski definition) is 1. The van der Waals surface area contributed by atoms with E-state index in [1.807, 2.05) is 41.9 Å². The predicted molar refractivity (Wildman–Crippen MR) is 136 cm³/mol. The van der Waals surface area contributed by atoms with Gasteiger partial charge in [0.05, 0.1) is 11.2 Å². The second-order valence-electron chi connectivity index (χ2n) is 10.8. The average molecular weight is 455 g/mol. The van der Waals surface area contributed by atoms with Crippen molar-refractivity contribution in [2.24, 2.45) is 0 Å². The van der Waals surface area contributed by atoms with Crippen LogP contribution in [0, 0.1) is 0 Å². The summed E-state index contributed by atoms with van der Waals surface area (Å²) in [5, 5.41) is 7.73. The molecule has 0 aliphatic carbocycles. The monoisotopic (exact) mass is 454 g/mol. The molecule has 6 nitrogen and oxygen atoms in total. The normalized spacial score (nSPS) is 12.0. The van der Waals surface area contributed by atoms with Crippen LogP contribution in [0.1, 0.15) is 96.3 Å². The van der Waals surface area contributed by atoms with Gasteiger partial charge in [-0.05, 0) is 58.2 Å². The van der Waals surface area contributed by atoms with Gasteiger partial charge in [0.2, 0.25) is 5.91 Å². The Kier molecular flexibility index (Phi) is 8.87. The molecule has 0 fully saturated rings. The van der Waals surface area contributed by atoms with Gasteiger partial charge >= 0.3 is 0 Å². The van der Waals surface area contributed by atoms with E-state index in [2.05, 4.69) is 53.8 Å². The van der Waals surface area contributed by atoms with Crippen molar-refractivity contribution < 1.29 is 9.59 Å². The number of hydrogen-bond acceptors (Lipinski definition) is 3. The molecular formula is C27H42N4O2. The number of nitrogens with one attached hydrogen (secondary N) is 1. The van der Waals surface area contributed by atoms with Gasteiger partial charge < -0.3 is 10.2 Å². The van der Waals surface area contributed by atoms with E-state index in [-0.39, 0.29) is 29.3 Å². The lowest BCUT2D eigenvalue weighted by molar-refractivity contribution is -0.116. The first-order valence-corrected chi connectivity index (χ1v) is 12.2. The molecule has 0 saturated carbocycles. The molecule has 0 bridgehead atoms. The van der Waals surface area contributed by atoms with Crippen molar-refractivity contribution in [3.63, 3.8) is 0 Å². The van der Waals surface area contributed by atoms with Gasteiger partial charge in [0.25, 0.3) is 5.91 Å². The number of carbonyl (C=O) groups excluding carboxylic acids is 2. The fourth-order valence-electron chi connectivity index (χ4n) is 3.61. The van der Waals surface area contributed by atoms with E-state index >= 15 is 0 Å². The molecule has 2 amide bonds. The van der Waals surface area contributed by atoms with Crippen molar-refractivity contribution >= 4 is 17.6 Å². The lowest BCUT2D eigenvalue weighted by Crippen LogP contribution is -2.38. The highest BCUT2D eigenvalue weighted by atomic mass is 16.2. The number of benzene rings is 1. The number of unbranched alkanes of at least 4 members (excludes halogenated alkanes) is 2. The highest BCUT2D eigenvalue weighted by molar-refractivity contribution is 5.99. The molecule has 2 rings (SSSR count). The van der Waals surface area contributed by atoms with Gasteiger partial charge in [-0.2, -0.15) is 5.10 Å². The average Bonchev–Trinajstić information content (AvgIpc) is 3.17. The first-order valence-electron chi connectivity index (χ1n) is 12.2. The largest absolute Gasteiger partial charge is 0.330 e. The smallest absolute Gasteiger partial charge is 0.254 e. The fourth-order valence-corrected chi connectivity index (χ4v) is 3.61. The lowest BCUT2D eigenvalue weighted by atomic mass is 9.92. The highest BCUT2D eigenvalue weighted by Crippen LogP contribution is 2.28. The Bertz CT molecular complexity index is 931. The molecule has 0 radical (unpaired) electrons. The summed E-state index contributed by atoms with van der Waals surface area (Å²) in [7, 11) is 0. The molecule has 1 N–H and O–H groups in total. The van der Waals surface area contributed by atoms with Gasteiger partial charge in [0.1, 0.15) is 12.4 Å². The standard InChI is InChI=1S/C27H42N4O2/c1-9-11-12-13-20-14-16-21(17-15-20)25(33)30(10-2)19-24(32)28-23-18-22(26(3,4)5)29-31(23)27(6,7)8/h14-18H,9-13,19H2,1-8H3,(H,28,32). The molecular weight excluding hydrogens is 412 g/mol. The van der Waals surface area contributed by atoms with E-state index in [1.165, 1.54) is 18.4 Å². The van der Waals surface area contributed by atoms with Crippen LogP contribution < -0.4 is 5.32 Å². The van der Waals surface area contributed by atoms with Gasteiger partial charge in [-0.15, -0.1) is 0 Å². The van der Waals surface area contributed by atoms with Crippen LogP contribution in [0.25, 0.3) is 0 Å². The maximum absolute atomic E-state index is 13.0. The number of rotatable bonds is 9. The van der Waals surface area contributed by atoms with E-state index in [4.69, 9.17) is 5.10 Å². The van der Waals surface area contributed by atoms with E-state index in [0.717, 1.165) is 18.5 Å². The van der Waals surface area contributed by atoms with Crippen LogP contribution in [0.3, 0.4) is 0 Å². The maximum Gasteiger partial charge on any atom is 0.254 e. The number of aromatic nitrogens is 2. The molecule has 0 unspecified atom stereocenters. The third kappa shape index (κ3) is 7.44. The van der Waals surface area contributed by atoms with Crippen molar-refractivity contribution in [3.8, 4) is 0 Å². The van der Waals surface area contributed by atoms with E-state index in [0.29, 0.717) is 17.9 Å². The Morgan fingerprint density at radius 1 is 1.00 bits per heavy atom. The number of likely N-dealkylation sites (N-methyl/N-ethyl adjacent to an activating group) is 1. The lowest BCUT2D eigenvalue weighted by Gasteiger charge is -2.24. The summed E-state index contributed by atoms with van der Waals surface area (Å²) >= 11 is 0. The Labute approximate surface area is 199 Å². The molecule has 0 aliphatic rings. The fraction of sp³-hybridized carbons (Fsp3) is 0.593. The molecule has 0 spiro atoms. The van der Waals surface area contributed by atoms with Gasteiger partial charge in [-0.25, -0.2) is 4.68 Å². The Morgan fingerprint density at radius 2 is 1.64 bits per heavy atom. The Hall–Kier alpha value is -2.63. The summed E-state index contributed by atoms with van der Waals surface area (Å²) < 4.78 is 1.85. The number of nitrogens with zero attached hydrogens (tertiary/aromatic N) is 3. The molecule has 0 aliphatic heterocycles. The topological polar surface area (TPSA) is 67.2 Å². The van der Waals surface area contributed by atoms with Crippen LogP contribution in [0.5, 0.6) is 0 Å². The van der Waals surface area contributed by atoms with Crippen molar-refractivity contribution in [2.45, 2.75) is 92.0 Å². The Balaban J connectivity index is 2.10. The maximum atomic E-state index is 13.0. The van der Waals surface area contributed by atoms with Crippen molar-refractivity contribution in [1.82, 2.24) is 14.7 Å². The summed E-state index contributed by atoms with van der Waals surface area (Å²) in [6, 6.07) is 9.71. The van der Waals surface area contributed by atoms with Crippen LogP contribution in [0.2, 0.25) is 0 Å². The number of anilines is 1. The van der Waals surface area contributed by atoms with Crippen molar-refractivity contribution in [1.29, 1.82) is 0 Å². The zero-order valence-electron chi connectivity index (χ0n) is 21.8. The quantitative estimate of drug-likeness (QED) is 0.489. The molecule has 1 aromatic heterocycles. The first kappa shape index (κ1) is 26.6. The van der Waals surface area contributed by atoms with Crippen molar-refractivity contribution in [3.05, 3.63) is 47.2 Å². The minimum absolute atomic E-state index is 0.00619. The third-order valence-electron chi connectivity index (χ3n) is 5.65. The van der Waals surface area contributed by atoms with Crippen molar-refractivity contribution in [2.75, 3.05) is 18.4 Å². The van der Waals surface area contributed by atoms with Gasteiger partial charge in [-0.3, -0.25) is 9.59 Å². The van der Waals surface area contributed by atoms with E-state index in [9.17, 15) is 9.59 Å². The summed E-state index contributed by atoms with van der Waals surface area (Å²) in [4.78, 5) is 27.5. The zero-order chi connectivity index (χ0) is 24.8. The summed E-state index contributed by atoms with van der Waals surface area (Å²) in [6.45, 7) is 17.0. The highest BCUT2D eigenvalue weighted by Gasteiger charge is 2.26. The minimum atomic E-state index is -0.286. The number of carbonyl (C=O) groups is 2. The molecule has 0 saturated heterocycles. The van der Waals surface area contributed by atoms with Crippen LogP contribution in [0.4, 0.5) is 5.82 Å². The van der Waals surface area contributed by atoms with Gasteiger partial charge in [0, 0.05) is 23.6 Å². The number of aryl methyl sites for hydroxylation is 1. The molecule has 33 heavy (non-hydrogen) atoms. The van der Waals surface area contributed by atoms with E-state index < -0.39 is 0 Å². The van der Waals surface area contributed by atoms with Crippen LogP contribution in [-0.2, 0) is 22.2 Å². The summed E-state index contributed by atoms with van der Waals surface area (Å²) in [5.41, 5.74) is 2.34. The summed E-state index contributed by atoms with van der Waals surface area (Å²) in [5.74, 6) is 0.289. The molecule has 1 heterocycles. The second kappa shape index (κ2) is 11.0. The SMILES string of the molecule is CCCCCc1ccc(C(=O)N(CC)CC(=O)Nc2cc(C(C)(C)C)nn2C(C)(C)C)cc1. The minimum Gasteiger partial charge on any atom is -0.330 e. The third-order valence-corrected chi connectivity index (χ3v) is 5.65. The first-order chi connectivity index (χ1) is 15.4. The van der Waals surface area contributed by atoms with Crippen LogP contribution >= 0.6 is 0 Å². The van der Waals surface area contributed by atoms with Crippen LogP contribution in [0.15, 0.2) is 30.3 Å².